The van der Waals surface area contributed by atoms with Crippen molar-refractivity contribution in [3.05, 3.63) is 278 Å². The quantitative estimate of drug-likeness (QED) is 0.00734. The topological polar surface area (TPSA) is 486 Å². The van der Waals surface area contributed by atoms with Crippen LogP contribution >= 0.6 is 87.8 Å². The van der Waals surface area contributed by atoms with Crippen molar-refractivity contribution < 1.29 is 97.9 Å². The highest BCUT2D eigenvalue weighted by molar-refractivity contribution is 9.08. The number of benzene rings is 8. The van der Waals surface area contributed by atoms with Gasteiger partial charge in [-0.1, -0.05) is 191 Å². The lowest BCUT2D eigenvalue weighted by molar-refractivity contribution is 0.0694. The van der Waals surface area contributed by atoms with Crippen molar-refractivity contribution in [1.29, 1.82) is 0 Å². The fourth-order valence-corrected chi connectivity index (χ4v) is 14.0. The molecule has 2 saturated carbocycles. The highest BCUT2D eigenvalue weighted by atomic mass is 79.9. The molecular formula is C104H134Br4Cl2N16O20. The molecule has 12 N–H and O–H groups in total. The molecule has 2 aliphatic rings. The fourth-order valence-electron chi connectivity index (χ4n) is 12.7. The van der Waals surface area contributed by atoms with Gasteiger partial charge in [-0.3, -0.25) is 76.6 Å². The molecule has 8 amide bonds. The number of carbonyl (C=O) groups excluding carboxylic acids is 8. The van der Waals surface area contributed by atoms with Crippen LogP contribution in [0.4, 0.5) is 0 Å². The van der Waals surface area contributed by atoms with Gasteiger partial charge in [-0.2, -0.15) is 0 Å². The summed E-state index contributed by atoms with van der Waals surface area (Å²) in [4.78, 5) is 135. The lowest BCUT2D eigenvalue weighted by atomic mass is 9.98. The van der Waals surface area contributed by atoms with Gasteiger partial charge in [0, 0.05) is 164 Å². The Bertz CT molecular complexity index is 5690. The highest BCUT2D eigenvalue weighted by Gasteiger charge is 2.31. The number of hydrogen-bond acceptors (Lipinski definition) is 28. The van der Waals surface area contributed by atoms with Crippen LogP contribution in [-0.4, -0.2) is 114 Å². The summed E-state index contributed by atoms with van der Waals surface area (Å²) in [6, 6.07) is 43.0. The summed E-state index contributed by atoms with van der Waals surface area (Å²) in [7, 11) is 0. The van der Waals surface area contributed by atoms with Crippen LogP contribution < -0.4 is 39.3 Å². The third-order valence-corrected chi connectivity index (χ3v) is 23.3. The average molecular weight is 2320 g/mol. The molecule has 792 valence electrons. The van der Waals surface area contributed by atoms with E-state index in [1.54, 1.807) is 109 Å². The summed E-state index contributed by atoms with van der Waals surface area (Å²) in [5.74, 6) is -1.90. The van der Waals surface area contributed by atoms with E-state index in [2.05, 4.69) is 142 Å². The second kappa shape index (κ2) is 71.2. The van der Waals surface area contributed by atoms with Crippen molar-refractivity contribution in [3.63, 3.8) is 0 Å². The van der Waals surface area contributed by atoms with Crippen LogP contribution in [-0.2, 0) is 104 Å². The van der Waals surface area contributed by atoms with Gasteiger partial charge >= 0.3 is 0 Å². The number of hydrogen-bond donors (Lipinski definition) is 12. The smallest absolute Gasteiger partial charge is 0.275 e. The second-order valence-electron chi connectivity index (χ2n) is 33.1. The average Bonchev–Trinajstić information content (AvgIpc) is 1.64. The Balaban J connectivity index is 0.000000429. The third kappa shape index (κ3) is 45.7. The number of rotatable bonds is 40. The lowest BCUT2D eigenvalue weighted by Gasteiger charge is -2.12. The first-order valence-electron chi connectivity index (χ1n) is 46.6. The van der Waals surface area contributed by atoms with Crippen LogP contribution in [0.25, 0.3) is 0 Å². The second-order valence-corrected chi connectivity index (χ2v) is 35.5. The maximum atomic E-state index is 11.9. The van der Waals surface area contributed by atoms with Gasteiger partial charge in [0.2, 0.25) is 0 Å². The molecule has 2 fully saturated rings. The fraction of sp³-hybridized carbons (Fsp3) is 0.385. The van der Waals surface area contributed by atoms with Crippen molar-refractivity contribution >= 4 is 181 Å². The molecule has 0 heterocycles. The van der Waals surface area contributed by atoms with Crippen LogP contribution in [0, 0.1) is 13.8 Å². The summed E-state index contributed by atoms with van der Waals surface area (Å²) in [6.45, 7) is 39.9. The first-order valence-corrected chi connectivity index (χ1v) is 50.5. The van der Waals surface area contributed by atoms with Crippen LogP contribution in [0.2, 0.25) is 10.0 Å². The van der Waals surface area contributed by atoms with Crippen molar-refractivity contribution in [2.45, 2.75) is 267 Å². The largest absolute Gasteiger partial charge is 0.391 e. The predicted molar refractivity (Wildman–Crippen MR) is 583 cm³/mol. The van der Waals surface area contributed by atoms with Gasteiger partial charge < -0.3 is 38.7 Å². The highest BCUT2D eigenvalue weighted by Crippen LogP contribution is 2.44. The number of nitrogens with one attached hydrogen (secondary N) is 8. The zero-order valence-corrected chi connectivity index (χ0v) is 93.8. The SMILES string of the molecule is CC(C)=NOCc1c(C(=O)NBr)cccc1C1CC1.CC(C)=NOCc1c(C)cccc1C(=O)NO.CC(C)=NOCc1c(Cl)cccc1C(=O)NO.CCC(C)=NOCc1c(C(=O)NBr)cccc1C1CC1.CCC(C)=NOCc1c(C)cccc1C(=O)NO.CCC(C)=NOCc1c(CC)cccc1C(=O)NBr.CCC(C)=NOCc1c(Cl)cccc1C(=O)NO.CCc1cccc(C(=O)NBr)c1CON=C(C)C. The molecule has 0 unspecified atom stereocenters. The minimum atomic E-state index is -0.636. The summed E-state index contributed by atoms with van der Waals surface area (Å²) >= 11 is 23.9. The minimum Gasteiger partial charge on any atom is -0.391 e. The molecule has 0 atom stereocenters. The van der Waals surface area contributed by atoms with Crippen molar-refractivity contribution in [2.75, 3.05) is 0 Å². The lowest BCUT2D eigenvalue weighted by Crippen LogP contribution is -2.20. The van der Waals surface area contributed by atoms with Gasteiger partial charge in [0.1, 0.15) is 52.9 Å². The van der Waals surface area contributed by atoms with Gasteiger partial charge in [-0.15, -0.1) is 0 Å². The molecule has 8 aromatic carbocycles. The first-order chi connectivity index (χ1) is 69.8. The molecule has 0 radical (unpaired) electrons. The molecule has 42 heteroatoms. The van der Waals surface area contributed by atoms with Gasteiger partial charge in [-0.05, 0) is 267 Å². The summed E-state index contributed by atoms with van der Waals surface area (Å²) in [5.41, 5.74) is 29.5. The molecule has 146 heavy (non-hydrogen) atoms. The zero-order valence-electron chi connectivity index (χ0n) is 85.9. The van der Waals surface area contributed by atoms with Crippen molar-refractivity contribution in [2.24, 2.45) is 41.2 Å². The first kappa shape index (κ1) is 128. The van der Waals surface area contributed by atoms with E-state index < -0.39 is 23.6 Å². The predicted octanol–water partition coefficient (Wildman–Crippen LogP) is 23.8. The van der Waals surface area contributed by atoms with Gasteiger partial charge in [0.25, 0.3) is 47.3 Å². The number of oxime groups is 8. The van der Waals surface area contributed by atoms with Gasteiger partial charge in [0.15, 0.2) is 0 Å². The third-order valence-electron chi connectivity index (χ3n) is 21.1. The summed E-state index contributed by atoms with van der Waals surface area (Å²) in [5, 5.41) is 66.6. The van der Waals surface area contributed by atoms with E-state index in [4.69, 9.17) is 82.7 Å². The van der Waals surface area contributed by atoms with Crippen LogP contribution in [0.15, 0.2) is 187 Å². The maximum absolute atomic E-state index is 11.9. The Labute approximate surface area is 898 Å². The minimum absolute atomic E-state index is 0.0631. The van der Waals surface area contributed by atoms with E-state index in [0.717, 1.165) is 134 Å². The number of halogens is 6. The van der Waals surface area contributed by atoms with Gasteiger partial charge in [-0.25, -0.2) is 21.9 Å². The van der Waals surface area contributed by atoms with Crippen LogP contribution in [0.1, 0.15) is 349 Å². The van der Waals surface area contributed by atoms with Crippen molar-refractivity contribution in [3.8, 4) is 0 Å². The molecule has 8 aromatic rings. The number of carbonyl (C=O) groups is 8. The number of hydroxylamine groups is 4. The molecule has 36 nitrogen and oxygen atoms in total. The Morgan fingerprint density at radius 2 is 0.479 bits per heavy atom. The van der Waals surface area contributed by atoms with Crippen LogP contribution in [0.5, 0.6) is 0 Å². The Kier molecular flexibility index (Phi) is 62.3. The number of nitrogens with zero attached hydrogens (tertiary/aromatic N) is 8. The summed E-state index contributed by atoms with van der Waals surface area (Å²) in [6.07, 6.45) is 9.74. The van der Waals surface area contributed by atoms with E-state index in [-0.39, 0.29) is 61.2 Å². The summed E-state index contributed by atoms with van der Waals surface area (Å²) < 4.78 is 9.91. The molecule has 0 aromatic heterocycles. The zero-order chi connectivity index (χ0) is 109. The Morgan fingerprint density at radius 3 is 0.705 bits per heavy atom. The van der Waals surface area contributed by atoms with E-state index in [9.17, 15) is 38.4 Å². The molecular weight excluding hydrogens is 2180 g/mol. The Morgan fingerprint density at radius 1 is 0.281 bits per heavy atom. The molecule has 0 aliphatic heterocycles. The van der Waals surface area contributed by atoms with E-state index in [1.165, 1.54) is 36.8 Å². The molecule has 0 spiro atoms. The molecule has 10 rings (SSSR count). The van der Waals surface area contributed by atoms with Crippen molar-refractivity contribution in [1.82, 2.24) is 39.3 Å². The molecule has 0 bridgehead atoms. The van der Waals surface area contributed by atoms with E-state index in [0.29, 0.717) is 98.4 Å². The molecule has 0 saturated heterocycles. The maximum Gasteiger partial charge on any atom is 0.275 e. The standard InChI is InChI=1S/C15H19BrN2O2.C14H17BrN2O2.C14H19BrN2O2.C13H17BrN2O2.C13H18N2O3.C12H15ClN2O3.C12H16N2O3.C11H13ClN2O3/c1-3-10(2)18-20-9-14-12(11-7-8-11)5-4-6-13(14)15(19)17-16;1-9(2)17-19-8-13-11(10-6-7-10)4-3-5-12(13)14(18)16-15;1-4-10(3)17-19-9-13-11(5-2)7-6-8-12(13)14(18)16-15;1-4-10-6-5-7-11(13(17)15-14)12(10)8-18-16-9(2)3;1-4-10(3)15-18-8-12-9(2)6-5-7-11(12)13(16)14-17;1-3-8(2)15-18-7-10-9(12(16)14-17)5-4-6-11(10)13;1-8(2)14-17-7-11-9(3)5-4-6-10(11)12(15)13-16;1-7(2)14-17-6-9-8(11(15)13-16)4-3-5-10(9)12/h4-6,11H,3,7-9H2,1-2H3,(H,17,19);3-5,10H,6-8H2,1-2H3,(H,16,18);6-8H,4-5,9H2,1-3H3,(H,16,18);5-7H,4,8H2,1-3H3,(H,15,17);5-7,17H,4,8H2,1-3H3,(H,14,16);4-6,17H,3,7H2,1-2H3,(H,14,16);4-6,16H,7H2,1-3H3,(H,13,15);3-5,16H,6H2,1-2H3,(H,13,15). The number of aryl methyl sites for hydroxylation is 4. The normalized spacial score (nSPS) is 11.5. The van der Waals surface area contributed by atoms with E-state index >= 15 is 0 Å². The van der Waals surface area contributed by atoms with Crippen LogP contribution in [0.3, 0.4) is 0 Å². The monoisotopic (exact) mass is 2310 g/mol. The van der Waals surface area contributed by atoms with E-state index in [1.807, 2.05) is 178 Å². The molecule has 2 aliphatic carbocycles. The number of amides is 8. The Hall–Kier alpha value is -12.4. The van der Waals surface area contributed by atoms with Gasteiger partial charge in [0.05, 0.1) is 45.7 Å².